The summed E-state index contributed by atoms with van der Waals surface area (Å²) in [5, 5.41) is 11.2. The molecule has 0 spiro atoms. The van der Waals surface area contributed by atoms with E-state index in [4.69, 9.17) is 5.73 Å². The number of piperidine rings is 3. The zero-order valence-electron chi connectivity index (χ0n) is 10.8. The Hall–Kier alpha value is -0.120. The van der Waals surface area contributed by atoms with E-state index in [9.17, 15) is 5.11 Å². The Morgan fingerprint density at radius 1 is 1.00 bits per heavy atom. The highest BCUT2D eigenvalue weighted by atomic mass is 16.3. The molecule has 3 saturated heterocycles. The topological polar surface area (TPSA) is 49.5 Å². The average Bonchev–Trinajstić information content (AvgIpc) is 2.57. The third-order valence-electron chi connectivity index (χ3n) is 5.59. The largest absolute Gasteiger partial charge is 0.386 e. The second kappa shape index (κ2) is 4.22. The van der Waals surface area contributed by atoms with Crippen molar-refractivity contribution in [1.82, 2.24) is 4.90 Å². The van der Waals surface area contributed by atoms with Crippen molar-refractivity contribution in [2.75, 3.05) is 19.6 Å². The fourth-order valence-corrected chi connectivity index (χ4v) is 4.39. The van der Waals surface area contributed by atoms with E-state index in [0.29, 0.717) is 5.92 Å². The van der Waals surface area contributed by atoms with E-state index in [2.05, 4.69) is 4.90 Å². The molecule has 3 N–H and O–H groups in total. The number of rotatable bonds is 1. The first-order valence-electron chi connectivity index (χ1n) is 7.38. The molecule has 0 aromatic rings. The summed E-state index contributed by atoms with van der Waals surface area (Å²) in [6.07, 6.45) is 9.33. The van der Waals surface area contributed by atoms with Gasteiger partial charge in [0.25, 0.3) is 0 Å². The van der Waals surface area contributed by atoms with E-state index < -0.39 is 5.60 Å². The summed E-state index contributed by atoms with van der Waals surface area (Å²) >= 11 is 0. The van der Waals surface area contributed by atoms with E-state index in [0.717, 1.165) is 32.2 Å². The number of aliphatic hydroxyl groups is 1. The molecule has 4 aliphatic rings. The lowest BCUT2D eigenvalue weighted by molar-refractivity contribution is -0.159. The van der Waals surface area contributed by atoms with Gasteiger partial charge < -0.3 is 15.7 Å². The molecule has 1 saturated carbocycles. The van der Waals surface area contributed by atoms with Crippen LogP contribution in [0.15, 0.2) is 0 Å². The molecule has 3 nitrogen and oxygen atoms in total. The fraction of sp³-hybridized carbons (Fsp3) is 1.00. The lowest BCUT2D eigenvalue weighted by Crippen LogP contribution is -2.72. The molecule has 3 aliphatic heterocycles. The van der Waals surface area contributed by atoms with Crippen molar-refractivity contribution < 1.29 is 5.11 Å². The van der Waals surface area contributed by atoms with E-state index in [1.165, 1.54) is 38.8 Å². The van der Waals surface area contributed by atoms with Gasteiger partial charge >= 0.3 is 0 Å². The van der Waals surface area contributed by atoms with Crippen LogP contribution in [0, 0.1) is 5.92 Å². The zero-order chi connectivity index (χ0) is 11.9. The van der Waals surface area contributed by atoms with Gasteiger partial charge in [-0.25, -0.2) is 0 Å². The maximum atomic E-state index is 11.2. The molecule has 1 aliphatic carbocycles. The molecule has 0 radical (unpaired) electrons. The van der Waals surface area contributed by atoms with Crippen molar-refractivity contribution in [2.45, 2.75) is 62.5 Å². The standard InChI is InChI=1S/C14H26N2O/c15-13(7-3-1-2-4-8-13)14(17)11-16-9-5-12(14)6-10-16/h12,17H,1-11,15H2. The van der Waals surface area contributed by atoms with E-state index in [1.54, 1.807) is 0 Å². The molecule has 4 fully saturated rings. The van der Waals surface area contributed by atoms with Crippen LogP contribution in [0.4, 0.5) is 0 Å². The van der Waals surface area contributed by atoms with Gasteiger partial charge in [-0.15, -0.1) is 0 Å². The summed E-state index contributed by atoms with van der Waals surface area (Å²) in [7, 11) is 0. The number of nitrogens with two attached hydrogens (primary N) is 1. The highest BCUT2D eigenvalue weighted by Gasteiger charge is 2.56. The Labute approximate surface area is 104 Å². The normalized spacial score (nSPS) is 45.5. The first-order valence-corrected chi connectivity index (χ1v) is 7.38. The lowest BCUT2D eigenvalue weighted by atomic mass is 9.62. The summed E-state index contributed by atoms with van der Waals surface area (Å²) in [5.74, 6) is 0.454. The minimum Gasteiger partial charge on any atom is -0.386 e. The summed E-state index contributed by atoms with van der Waals surface area (Å²) in [4.78, 5) is 2.42. The van der Waals surface area contributed by atoms with Crippen molar-refractivity contribution in [2.24, 2.45) is 11.7 Å². The highest BCUT2D eigenvalue weighted by Crippen LogP contribution is 2.45. The van der Waals surface area contributed by atoms with Crippen molar-refractivity contribution in [1.29, 1.82) is 0 Å². The summed E-state index contributed by atoms with van der Waals surface area (Å²) in [6.45, 7) is 3.17. The zero-order valence-corrected chi connectivity index (χ0v) is 10.8. The molecule has 1 unspecified atom stereocenters. The van der Waals surface area contributed by atoms with Gasteiger partial charge in [0.15, 0.2) is 0 Å². The molecule has 3 heteroatoms. The predicted octanol–water partition coefficient (Wildman–Crippen LogP) is 1.49. The Bertz CT molecular complexity index is 278. The predicted molar refractivity (Wildman–Crippen MR) is 68.7 cm³/mol. The Kier molecular flexibility index (Phi) is 2.96. The Morgan fingerprint density at radius 3 is 2.06 bits per heavy atom. The van der Waals surface area contributed by atoms with Crippen LogP contribution in [-0.4, -0.2) is 40.8 Å². The number of nitrogens with zero attached hydrogens (tertiary/aromatic N) is 1. The van der Waals surface area contributed by atoms with E-state index in [-0.39, 0.29) is 5.54 Å². The van der Waals surface area contributed by atoms with Crippen molar-refractivity contribution in [3.05, 3.63) is 0 Å². The van der Waals surface area contributed by atoms with Crippen molar-refractivity contribution in [3.63, 3.8) is 0 Å². The van der Waals surface area contributed by atoms with Crippen molar-refractivity contribution in [3.8, 4) is 0 Å². The van der Waals surface area contributed by atoms with E-state index >= 15 is 0 Å². The SMILES string of the molecule is NC1(C2(O)CN3CCC2CC3)CCCCCC1. The minimum atomic E-state index is -0.603. The summed E-state index contributed by atoms with van der Waals surface area (Å²) in [6, 6.07) is 0. The van der Waals surface area contributed by atoms with Gasteiger partial charge in [-0.2, -0.15) is 0 Å². The van der Waals surface area contributed by atoms with Gasteiger partial charge in [-0.3, -0.25) is 0 Å². The van der Waals surface area contributed by atoms with Crippen LogP contribution in [0.5, 0.6) is 0 Å². The van der Waals surface area contributed by atoms with E-state index in [1.807, 2.05) is 0 Å². The summed E-state index contributed by atoms with van der Waals surface area (Å²) in [5.41, 5.74) is 5.76. The molecule has 98 valence electrons. The first-order chi connectivity index (χ1) is 8.14. The average molecular weight is 238 g/mol. The van der Waals surface area contributed by atoms with Gasteiger partial charge in [-0.1, -0.05) is 25.7 Å². The maximum Gasteiger partial charge on any atom is 0.0981 e. The maximum absolute atomic E-state index is 11.2. The summed E-state index contributed by atoms with van der Waals surface area (Å²) < 4.78 is 0. The molecule has 0 aromatic heterocycles. The molecule has 17 heavy (non-hydrogen) atoms. The van der Waals surface area contributed by atoms with Crippen LogP contribution in [-0.2, 0) is 0 Å². The van der Waals surface area contributed by atoms with Crippen LogP contribution in [0.1, 0.15) is 51.4 Å². The molecular formula is C14H26N2O. The second-order valence-corrected chi connectivity index (χ2v) is 6.55. The molecule has 1 atom stereocenters. The van der Waals surface area contributed by atoms with Crippen LogP contribution in [0.25, 0.3) is 0 Å². The fourth-order valence-electron chi connectivity index (χ4n) is 4.39. The molecule has 0 amide bonds. The molecule has 4 rings (SSSR count). The molecular weight excluding hydrogens is 212 g/mol. The highest BCUT2D eigenvalue weighted by molar-refractivity contribution is 5.12. The van der Waals surface area contributed by atoms with Crippen LogP contribution >= 0.6 is 0 Å². The Morgan fingerprint density at radius 2 is 1.59 bits per heavy atom. The lowest BCUT2D eigenvalue weighted by Gasteiger charge is -2.57. The second-order valence-electron chi connectivity index (χ2n) is 6.55. The van der Waals surface area contributed by atoms with Gasteiger partial charge in [0.2, 0.25) is 0 Å². The smallest absolute Gasteiger partial charge is 0.0981 e. The quantitative estimate of drug-likeness (QED) is 0.681. The first kappa shape index (κ1) is 11.9. The van der Waals surface area contributed by atoms with Crippen LogP contribution in [0.3, 0.4) is 0 Å². The third kappa shape index (κ3) is 1.83. The van der Waals surface area contributed by atoms with Gasteiger partial charge in [0.05, 0.1) is 5.60 Å². The van der Waals surface area contributed by atoms with Gasteiger partial charge in [-0.05, 0) is 44.7 Å². The van der Waals surface area contributed by atoms with Crippen LogP contribution < -0.4 is 5.73 Å². The molecule has 3 heterocycles. The van der Waals surface area contributed by atoms with Crippen LogP contribution in [0.2, 0.25) is 0 Å². The van der Waals surface area contributed by atoms with Crippen molar-refractivity contribution >= 4 is 0 Å². The monoisotopic (exact) mass is 238 g/mol. The minimum absolute atomic E-state index is 0.312. The van der Waals surface area contributed by atoms with Gasteiger partial charge in [0.1, 0.15) is 0 Å². The number of hydrogen-bond acceptors (Lipinski definition) is 3. The number of hydrogen-bond donors (Lipinski definition) is 2. The number of fused-ring (bicyclic) bond motifs is 3. The molecule has 0 aromatic carbocycles. The van der Waals surface area contributed by atoms with Gasteiger partial charge in [0, 0.05) is 12.1 Å². The Balaban J connectivity index is 1.85. The molecule has 2 bridgehead atoms. The third-order valence-corrected chi connectivity index (χ3v) is 5.59.